The molecule has 5 N–H and O–H groups in total. The summed E-state index contributed by atoms with van der Waals surface area (Å²) >= 11 is 0. The number of rotatable bonds is 3. The molecule has 162 valence electrons. The van der Waals surface area contributed by atoms with Crippen LogP contribution in [0.2, 0.25) is 0 Å². The maximum atomic E-state index is 4.75. The standard InChI is InChI=1S/C26H28N6/c1-3-21(27-13-1)25-29-16-24(32-25)19-10-7-17(8-11-19)5-6-18-9-12-20-23(15-18)31-26(30-20)22-4-2-14-28-22/h7-12,15-16,21-22,25,27-29,32H,1-4,13-14H2,(H,30,31)/t21-,22-,25?/m0/s1. The Morgan fingerprint density at radius 3 is 2.50 bits per heavy atom. The zero-order chi connectivity index (χ0) is 21.3. The van der Waals surface area contributed by atoms with Crippen molar-refractivity contribution in [1.82, 2.24) is 31.2 Å². The molecule has 0 amide bonds. The maximum Gasteiger partial charge on any atom is 0.124 e. The molecule has 3 aliphatic rings. The first kappa shape index (κ1) is 19.4. The Morgan fingerprint density at radius 1 is 0.875 bits per heavy atom. The van der Waals surface area contributed by atoms with Crippen LogP contribution in [0.4, 0.5) is 0 Å². The summed E-state index contributed by atoms with van der Waals surface area (Å²) in [6.45, 7) is 2.18. The Balaban J connectivity index is 1.14. The normalized spacial score (nSPS) is 24.6. The van der Waals surface area contributed by atoms with Crippen molar-refractivity contribution in [2.45, 2.75) is 43.9 Å². The van der Waals surface area contributed by atoms with Gasteiger partial charge >= 0.3 is 0 Å². The van der Waals surface area contributed by atoms with E-state index in [9.17, 15) is 0 Å². The number of aromatic amines is 1. The highest BCUT2D eigenvalue weighted by Crippen LogP contribution is 2.24. The third-order valence-corrected chi connectivity index (χ3v) is 6.66. The molecule has 0 bridgehead atoms. The molecule has 0 spiro atoms. The minimum atomic E-state index is 0.273. The summed E-state index contributed by atoms with van der Waals surface area (Å²) < 4.78 is 0. The average Bonchev–Trinajstić information content (AvgIpc) is 3.63. The average molecular weight is 425 g/mol. The third-order valence-electron chi connectivity index (χ3n) is 6.66. The molecule has 6 heteroatoms. The zero-order valence-electron chi connectivity index (χ0n) is 18.0. The minimum Gasteiger partial charge on any atom is -0.368 e. The lowest BCUT2D eigenvalue weighted by atomic mass is 10.1. The van der Waals surface area contributed by atoms with E-state index in [-0.39, 0.29) is 6.17 Å². The number of fused-ring (bicyclic) bond motifs is 1. The topological polar surface area (TPSA) is 76.8 Å². The van der Waals surface area contributed by atoms with Crippen LogP contribution in [0.3, 0.4) is 0 Å². The molecule has 6 nitrogen and oxygen atoms in total. The number of benzene rings is 2. The van der Waals surface area contributed by atoms with Gasteiger partial charge in [0.1, 0.15) is 12.0 Å². The van der Waals surface area contributed by atoms with Gasteiger partial charge in [-0.05, 0) is 74.7 Å². The predicted octanol–water partition coefficient (Wildman–Crippen LogP) is 2.96. The highest BCUT2D eigenvalue weighted by molar-refractivity contribution is 5.77. The Morgan fingerprint density at radius 2 is 1.69 bits per heavy atom. The Bertz CT molecular complexity index is 1200. The van der Waals surface area contributed by atoms with Crippen LogP contribution in [0.1, 0.15) is 54.2 Å². The number of H-pyrrole nitrogens is 1. The summed E-state index contributed by atoms with van der Waals surface area (Å²) in [6, 6.07) is 15.5. The van der Waals surface area contributed by atoms with E-state index >= 15 is 0 Å². The summed E-state index contributed by atoms with van der Waals surface area (Å²) in [4.78, 5) is 8.22. The van der Waals surface area contributed by atoms with E-state index in [1.54, 1.807) is 0 Å². The fourth-order valence-electron chi connectivity index (χ4n) is 4.87. The van der Waals surface area contributed by atoms with E-state index in [4.69, 9.17) is 4.98 Å². The van der Waals surface area contributed by atoms with Gasteiger partial charge in [-0.25, -0.2) is 4.98 Å². The van der Waals surface area contributed by atoms with Gasteiger partial charge in [-0.15, -0.1) is 0 Å². The second-order valence-electron chi connectivity index (χ2n) is 8.88. The van der Waals surface area contributed by atoms with Gasteiger partial charge in [-0.1, -0.05) is 24.0 Å². The lowest BCUT2D eigenvalue weighted by molar-refractivity contribution is 0.429. The molecule has 2 fully saturated rings. The van der Waals surface area contributed by atoms with E-state index in [0.29, 0.717) is 12.1 Å². The Labute approximate surface area is 188 Å². The number of nitrogens with zero attached hydrogens (tertiary/aromatic N) is 1. The Kier molecular flexibility index (Phi) is 5.06. The second-order valence-corrected chi connectivity index (χ2v) is 8.88. The van der Waals surface area contributed by atoms with E-state index in [1.165, 1.54) is 24.8 Å². The molecule has 4 heterocycles. The van der Waals surface area contributed by atoms with Gasteiger partial charge in [0.15, 0.2) is 0 Å². The van der Waals surface area contributed by atoms with Crippen LogP contribution in [0.25, 0.3) is 16.7 Å². The van der Waals surface area contributed by atoms with Crippen molar-refractivity contribution < 1.29 is 0 Å². The molecule has 2 aromatic carbocycles. The molecule has 1 unspecified atom stereocenters. The third kappa shape index (κ3) is 3.86. The van der Waals surface area contributed by atoms with Crippen LogP contribution in [0.15, 0.2) is 48.7 Å². The number of imidazole rings is 1. The van der Waals surface area contributed by atoms with Crippen molar-refractivity contribution in [1.29, 1.82) is 0 Å². The molecule has 3 atom stereocenters. The van der Waals surface area contributed by atoms with Gasteiger partial charge in [0.05, 0.1) is 22.8 Å². The van der Waals surface area contributed by atoms with Crippen molar-refractivity contribution in [2.24, 2.45) is 0 Å². The molecule has 0 aliphatic carbocycles. The smallest absolute Gasteiger partial charge is 0.124 e. The molecule has 32 heavy (non-hydrogen) atoms. The summed E-state index contributed by atoms with van der Waals surface area (Å²) in [6.07, 6.45) is 7.17. The first-order chi connectivity index (χ1) is 15.8. The van der Waals surface area contributed by atoms with Gasteiger partial charge < -0.3 is 26.3 Å². The fourth-order valence-corrected chi connectivity index (χ4v) is 4.87. The first-order valence-corrected chi connectivity index (χ1v) is 11.6. The molecule has 2 saturated heterocycles. The van der Waals surface area contributed by atoms with Crippen LogP contribution in [0, 0.1) is 11.8 Å². The van der Waals surface area contributed by atoms with E-state index in [2.05, 4.69) is 80.7 Å². The SMILES string of the molecule is C(#Cc1ccc2nc([C@@H]3CCCN3)[nH]c2c1)c1ccc(C2=CNC([C@@H]3CCCN3)N2)cc1. The van der Waals surface area contributed by atoms with E-state index in [1.807, 2.05) is 6.07 Å². The van der Waals surface area contributed by atoms with Gasteiger partial charge in [0.2, 0.25) is 0 Å². The number of hydrogen-bond acceptors (Lipinski definition) is 5. The van der Waals surface area contributed by atoms with Gasteiger partial charge in [-0.3, -0.25) is 0 Å². The number of hydrogen-bond donors (Lipinski definition) is 5. The highest BCUT2D eigenvalue weighted by Gasteiger charge is 2.27. The van der Waals surface area contributed by atoms with Crippen LogP contribution in [-0.2, 0) is 0 Å². The van der Waals surface area contributed by atoms with Crippen LogP contribution in [-0.4, -0.2) is 35.3 Å². The van der Waals surface area contributed by atoms with Gasteiger partial charge in [0.25, 0.3) is 0 Å². The predicted molar refractivity (Wildman–Crippen MR) is 128 cm³/mol. The summed E-state index contributed by atoms with van der Waals surface area (Å²) in [5.74, 6) is 7.63. The molecule has 0 saturated carbocycles. The lowest BCUT2D eigenvalue weighted by Crippen LogP contribution is -2.47. The molecule has 6 rings (SSSR count). The highest BCUT2D eigenvalue weighted by atomic mass is 15.2. The molecule has 1 aromatic heterocycles. The largest absolute Gasteiger partial charge is 0.368 e. The van der Waals surface area contributed by atoms with Gasteiger partial charge in [-0.2, -0.15) is 0 Å². The lowest BCUT2D eigenvalue weighted by Gasteiger charge is -2.21. The molecular formula is C26H28N6. The summed E-state index contributed by atoms with van der Waals surface area (Å²) in [7, 11) is 0. The first-order valence-electron chi connectivity index (χ1n) is 11.6. The van der Waals surface area contributed by atoms with Crippen molar-refractivity contribution >= 4 is 16.7 Å². The molecular weight excluding hydrogens is 396 g/mol. The van der Waals surface area contributed by atoms with E-state index < -0.39 is 0 Å². The molecule has 3 aliphatic heterocycles. The van der Waals surface area contributed by atoms with Crippen LogP contribution in [0.5, 0.6) is 0 Å². The molecule has 3 aromatic rings. The fraction of sp³-hybridized carbons (Fsp3) is 0.346. The molecule has 0 radical (unpaired) electrons. The second kappa shape index (κ2) is 8.34. The van der Waals surface area contributed by atoms with Crippen LogP contribution >= 0.6 is 0 Å². The summed E-state index contributed by atoms with van der Waals surface area (Å²) in [5, 5.41) is 14.1. The number of nitrogens with one attached hydrogen (secondary N) is 5. The summed E-state index contributed by atoms with van der Waals surface area (Å²) in [5.41, 5.74) is 6.37. The maximum absolute atomic E-state index is 4.75. The van der Waals surface area contributed by atoms with E-state index in [0.717, 1.165) is 53.2 Å². The quantitative estimate of drug-likeness (QED) is 0.418. The van der Waals surface area contributed by atoms with Crippen LogP contribution < -0.4 is 21.3 Å². The Hall–Kier alpha value is -3.27. The zero-order valence-corrected chi connectivity index (χ0v) is 18.0. The monoisotopic (exact) mass is 424 g/mol. The van der Waals surface area contributed by atoms with Crippen molar-refractivity contribution in [3.8, 4) is 11.8 Å². The van der Waals surface area contributed by atoms with Gasteiger partial charge in [0, 0.05) is 23.4 Å². The minimum absolute atomic E-state index is 0.273. The van der Waals surface area contributed by atoms with Crippen molar-refractivity contribution in [2.75, 3.05) is 13.1 Å². The number of aromatic nitrogens is 2. The van der Waals surface area contributed by atoms with Crippen molar-refractivity contribution in [3.05, 3.63) is 71.2 Å². The van der Waals surface area contributed by atoms with Crippen molar-refractivity contribution in [3.63, 3.8) is 0 Å².